The molecule has 2 aromatic rings. The smallest absolute Gasteiger partial charge is 0.256 e. The zero-order valence-corrected chi connectivity index (χ0v) is 27.4. The lowest BCUT2D eigenvalue weighted by atomic mass is 10.0. The molecule has 5 amide bonds. The molecule has 1 aromatic heterocycles. The van der Waals surface area contributed by atoms with E-state index in [-0.39, 0.29) is 49.6 Å². The molecule has 0 bridgehead atoms. The van der Waals surface area contributed by atoms with Crippen molar-refractivity contribution in [2.45, 2.75) is 64.6 Å². The SMILES string of the molecule is CC(C)[C@H]1NC(=O)[C@@H](C)NC(=O)[C@H](Cc2ccccc2)NC(=O)CCCN(C(=O)c2cnc(N3CCOCC3)nc2)CCCNC1=O. The summed E-state index contributed by atoms with van der Waals surface area (Å²) in [5.41, 5.74) is 1.15. The molecule has 0 unspecified atom stereocenters. The van der Waals surface area contributed by atoms with Crippen molar-refractivity contribution in [1.82, 2.24) is 36.1 Å². The lowest BCUT2D eigenvalue weighted by Crippen LogP contribution is -2.57. The van der Waals surface area contributed by atoms with Crippen LogP contribution in [0.5, 0.6) is 0 Å². The van der Waals surface area contributed by atoms with Crippen LogP contribution in [0.2, 0.25) is 0 Å². The number of hydrogen-bond acceptors (Lipinski definition) is 9. The van der Waals surface area contributed by atoms with Gasteiger partial charge in [-0.25, -0.2) is 9.97 Å². The third-order valence-corrected chi connectivity index (χ3v) is 8.14. The van der Waals surface area contributed by atoms with Crippen LogP contribution < -0.4 is 26.2 Å². The van der Waals surface area contributed by atoms with Gasteiger partial charge in [0.05, 0.1) is 18.8 Å². The second kappa shape index (κ2) is 17.4. The summed E-state index contributed by atoms with van der Waals surface area (Å²) < 4.78 is 5.39. The van der Waals surface area contributed by atoms with Crippen LogP contribution in [0.3, 0.4) is 0 Å². The van der Waals surface area contributed by atoms with Crippen molar-refractivity contribution < 1.29 is 28.7 Å². The Labute approximate surface area is 275 Å². The van der Waals surface area contributed by atoms with E-state index in [1.807, 2.05) is 49.1 Å². The molecule has 14 nitrogen and oxygen atoms in total. The standard InChI is InChI=1S/C33H46N8O6/c1-22(2)28-31(45)34-12-8-14-40(32(46)25-20-35-33(36-21-25)41-15-17-47-18-16-41)13-7-11-27(42)38-26(19-24-9-5-4-6-10-24)30(44)37-23(3)29(43)39-28/h4-6,9-10,20-23,26,28H,7-8,11-19H2,1-3H3,(H,34,45)(H,37,44)(H,38,42)(H,39,43)/t23-,26+,28-/m1/s1. The number of carbonyl (C=O) groups excluding carboxylic acids is 5. The van der Waals surface area contributed by atoms with Crippen molar-refractivity contribution in [3.63, 3.8) is 0 Å². The summed E-state index contributed by atoms with van der Waals surface area (Å²) in [6.07, 6.45) is 4.07. The highest BCUT2D eigenvalue weighted by Crippen LogP contribution is 2.13. The van der Waals surface area contributed by atoms with Crippen LogP contribution in [-0.4, -0.2) is 108 Å². The van der Waals surface area contributed by atoms with Gasteiger partial charge in [0.1, 0.15) is 18.1 Å². The van der Waals surface area contributed by atoms with Crippen LogP contribution in [0.4, 0.5) is 5.95 Å². The van der Waals surface area contributed by atoms with E-state index in [9.17, 15) is 24.0 Å². The molecule has 2 aliphatic heterocycles. The predicted molar refractivity (Wildman–Crippen MR) is 174 cm³/mol. The maximum absolute atomic E-state index is 13.6. The summed E-state index contributed by atoms with van der Waals surface area (Å²) >= 11 is 0. The van der Waals surface area contributed by atoms with E-state index in [0.717, 1.165) is 5.56 Å². The second-order valence-electron chi connectivity index (χ2n) is 12.2. The Balaban J connectivity index is 1.51. The van der Waals surface area contributed by atoms with Crippen molar-refractivity contribution in [1.29, 1.82) is 0 Å². The minimum absolute atomic E-state index is 0.0671. The molecule has 2 fully saturated rings. The molecule has 0 aliphatic carbocycles. The Hall–Kier alpha value is -4.59. The van der Waals surface area contributed by atoms with Gasteiger partial charge in [0.2, 0.25) is 29.6 Å². The fourth-order valence-corrected chi connectivity index (χ4v) is 5.40. The molecular formula is C33H46N8O6. The highest BCUT2D eigenvalue weighted by molar-refractivity contribution is 5.95. The van der Waals surface area contributed by atoms with Gasteiger partial charge in [-0.15, -0.1) is 0 Å². The first kappa shape index (κ1) is 35.3. The molecule has 1 aromatic carbocycles. The average Bonchev–Trinajstić information content (AvgIpc) is 3.07. The van der Waals surface area contributed by atoms with E-state index in [0.29, 0.717) is 57.2 Å². The zero-order chi connectivity index (χ0) is 33.8. The molecule has 4 rings (SSSR count). The van der Waals surface area contributed by atoms with Crippen molar-refractivity contribution in [3.05, 3.63) is 53.9 Å². The lowest BCUT2D eigenvalue weighted by Gasteiger charge is -2.27. The van der Waals surface area contributed by atoms with Gasteiger partial charge in [0, 0.05) is 58.0 Å². The van der Waals surface area contributed by atoms with Gasteiger partial charge in [-0.2, -0.15) is 0 Å². The zero-order valence-electron chi connectivity index (χ0n) is 27.4. The molecule has 14 heteroatoms. The minimum Gasteiger partial charge on any atom is -0.378 e. The molecule has 47 heavy (non-hydrogen) atoms. The molecule has 0 radical (unpaired) electrons. The van der Waals surface area contributed by atoms with Gasteiger partial charge in [-0.1, -0.05) is 44.2 Å². The number of morpholine rings is 1. The number of ether oxygens (including phenoxy) is 1. The number of carbonyl (C=O) groups is 5. The second-order valence-corrected chi connectivity index (χ2v) is 12.2. The molecule has 2 saturated heterocycles. The number of rotatable bonds is 5. The predicted octanol–water partition coefficient (Wildman–Crippen LogP) is 0.429. The first-order valence-electron chi connectivity index (χ1n) is 16.3. The lowest BCUT2D eigenvalue weighted by molar-refractivity contribution is -0.134. The van der Waals surface area contributed by atoms with Crippen LogP contribution in [0, 0.1) is 5.92 Å². The summed E-state index contributed by atoms with van der Waals surface area (Å²) in [6.45, 7) is 8.52. The van der Waals surface area contributed by atoms with Crippen LogP contribution in [-0.2, 0) is 30.3 Å². The number of nitrogens with zero attached hydrogens (tertiary/aromatic N) is 4. The number of hydrogen-bond donors (Lipinski definition) is 4. The summed E-state index contributed by atoms with van der Waals surface area (Å²) in [4.78, 5) is 78.6. The van der Waals surface area contributed by atoms with Gasteiger partial charge >= 0.3 is 0 Å². The summed E-state index contributed by atoms with van der Waals surface area (Å²) in [6, 6.07) is 6.53. The fraction of sp³-hybridized carbons (Fsp3) is 0.545. The number of aromatic nitrogens is 2. The van der Waals surface area contributed by atoms with Gasteiger partial charge in [-0.3, -0.25) is 24.0 Å². The Morgan fingerprint density at radius 1 is 0.894 bits per heavy atom. The summed E-state index contributed by atoms with van der Waals surface area (Å²) in [5.74, 6) is -1.73. The first-order chi connectivity index (χ1) is 22.6. The highest BCUT2D eigenvalue weighted by atomic mass is 16.5. The molecule has 0 spiro atoms. The Kier molecular flexibility index (Phi) is 13.0. The molecular weight excluding hydrogens is 604 g/mol. The van der Waals surface area contributed by atoms with Gasteiger partial charge in [-0.05, 0) is 31.2 Å². The fourth-order valence-electron chi connectivity index (χ4n) is 5.40. The van der Waals surface area contributed by atoms with E-state index in [4.69, 9.17) is 4.74 Å². The Morgan fingerprint density at radius 3 is 2.26 bits per heavy atom. The van der Waals surface area contributed by atoms with Crippen molar-refractivity contribution in [2.24, 2.45) is 5.92 Å². The molecule has 0 saturated carbocycles. The Morgan fingerprint density at radius 2 is 1.57 bits per heavy atom. The molecule has 3 heterocycles. The quantitative estimate of drug-likeness (QED) is 0.358. The third-order valence-electron chi connectivity index (χ3n) is 8.14. The van der Waals surface area contributed by atoms with E-state index in [2.05, 4.69) is 31.2 Å². The van der Waals surface area contributed by atoms with Crippen LogP contribution in [0.25, 0.3) is 0 Å². The number of amides is 5. The maximum Gasteiger partial charge on any atom is 0.256 e. The topological polar surface area (TPSA) is 175 Å². The average molecular weight is 651 g/mol. The van der Waals surface area contributed by atoms with Gasteiger partial charge in [0.25, 0.3) is 5.91 Å². The van der Waals surface area contributed by atoms with Crippen molar-refractivity contribution in [2.75, 3.05) is 50.8 Å². The van der Waals surface area contributed by atoms with E-state index >= 15 is 0 Å². The third kappa shape index (κ3) is 10.5. The van der Waals surface area contributed by atoms with Gasteiger partial charge < -0.3 is 35.8 Å². The largest absolute Gasteiger partial charge is 0.378 e. The maximum atomic E-state index is 13.6. The minimum atomic E-state index is -0.947. The van der Waals surface area contributed by atoms with Crippen LogP contribution >= 0.6 is 0 Å². The summed E-state index contributed by atoms with van der Waals surface area (Å²) in [7, 11) is 0. The first-order valence-corrected chi connectivity index (χ1v) is 16.3. The monoisotopic (exact) mass is 650 g/mol. The number of anilines is 1. The summed E-state index contributed by atoms with van der Waals surface area (Å²) in [5, 5.41) is 11.1. The molecule has 254 valence electrons. The van der Waals surface area contributed by atoms with Gasteiger partial charge in [0.15, 0.2) is 0 Å². The van der Waals surface area contributed by atoms with Crippen LogP contribution in [0.1, 0.15) is 56.0 Å². The molecule has 2 aliphatic rings. The van der Waals surface area contributed by atoms with Crippen LogP contribution in [0.15, 0.2) is 42.7 Å². The highest BCUT2D eigenvalue weighted by Gasteiger charge is 2.29. The molecule has 3 atom stereocenters. The van der Waals surface area contributed by atoms with E-state index in [1.54, 1.807) is 4.90 Å². The van der Waals surface area contributed by atoms with Crippen molar-refractivity contribution >= 4 is 35.5 Å². The molecule has 4 N–H and O–H groups in total. The van der Waals surface area contributed by atoms with E-state index in [1.165, 1.54) is 19.3 Å². The van der Waals surface area contributed by atoms with Crippen molar-refractivity contribution in [3.8, 4) is 0 Å². The number of nitrogens with one attached hydrogen (secondary N) is 4. The van der Waals surface area contributed by atoms with E-state index < -0.39 is 29.9 Å². The Bertz CT molecular complexity index is 1370. The number of benzene rings is 1. The normalized spacial score (nSPS) is 22.8.